The molecule has 0 radical (unpaired) electrons. The van der Waals surface area contributed by atoms with Crippen molar-refractivity contribution in [2.75, 3.05) is 39.0 Å². The van der Waals surface area contributed by atoms with E-state index in [0.29, 0.717) is 33.4 Å². The largest absolute Gasteiger partial charge is 0.340 e. The second-order valence-electron chi connectivity index (χ2n) is 7.69. The van der Waals surface area contributed by atoms with Crippen molar-refractivity contribution in [2.24, 2.45) is 0 Å². The van der Waals surface area contributed by atoms with Crippen LogP contribution >= 0.6 is 23.4 Å². The molecule has 2 aliphatic rings. The quantitative estimate of drug-likeness (QED) is 0.575. The molecule has 30 heavy (non-hydrogen) atoms. The Kier molecular flexibility index (Phi) is 5.04. The summed E-state index contributed by atoms with van der Waals surface area (Å²) in [5.41, 5.74) is 1.17. The van der Waals surface area contributed by atoms with E-state index in [1.807, 2.05) is 17.0 Å². The molecule has 1 fully saturated rings. The smallest absolute Gasteiger partial charge is 0.265 e. The molecule has 0 aliphatic carbocycles. The number of amides is 1. The Labute approximate surface area is 182 Å². The lowest BCUT2D eigenvalue weighted by Crippen LogP contribution is -2.47. The molecule has 5 rings (SSSR count). The van der Waals surface area contributed by atoms with Crippen LogP contribution < -0.4 is 5.56 Å². The van der Waals surface area contributed by atoms with Gasteiger partial charge in [0.25, 0.3) is 5.56 Å². The average molecular weight is 445 g/mol. The molecule has 0 N–H and O–H groups in total. The topological polar surface area (TPSA) is 76.3 Å². The van der Waals surface area contributed by atoms with Crippen LogP contribution in [0.3, 0.4) is 0 Å². The van der Waals surface area contributed by atoms with Crippen LogP contribution in [0, 0.1) is 0 Å². The van der Waals surface area contributed by atoms with Crippen molar-refractivity contribution in [3.63, 3.8) is 0 Å². The monoisotopic (exact) mass is 444 g/mol. The Morgan fingerprint density at radius 2 is 1.93 bits per heavy atom. The lowest BCUT2D eigenvalue weighted by atomic mass is 10.2. The third-order valence-electron chi connectivity index (χ3n) is 5.71. The van der Waals surface area contributed by atoms with E-state index >= 15 is 0 Å². The molecule has 1 unspecified atom stereocenters. The number of halogens is 1. The molecule has 0 bridgehead atoms. The van der Waals surface area contributed by atoms with Crippen molar-refractivity contribution >= 4 is 40.3 Å². The maximum atomic E-state index is 13.2. The van der Waals surface area contributed by atoms with Crippen LogP contribution in [0.15, 0.2) is 40.4 Å². The number of carbonyl (C=O) groups is 1. The van der Waals surface area contributed by atoms with Crippen molar-refractivity contribution in [1.29, 1.82) is 0 Å². The van der Waals surface area contributed by atoms with Gasteiger partial charge in [-0.1, -0.05) is 23.4 Å². The highest BCUT2D eigenvalue weighted by Crippen LogP contribution is 2.33. The third kappa shape index (κ3) is 3.40. The second-order valence-corrected chi connectivity index (χ2v) is 9.12. The Morgan fingerprint density at radius 3 is 2.67 bits per heavy atom. The van der Waals surface area contributed by atoms with Crippen LogP contribution in [0.25, 0.3) is 16.7 Å². The van der Waals surface area contributed by atoms with E-state index in [2.05, 4.69) is 17.0 Å². The van der Waals surface area contributed by atoms with Crippen molar-refractivity contribution < 1.29 is 4.79 Å². The van der Waals surface area contributed by atoms with E-state index in [9.17, 15) is 9.59 Å². The van der Waals surface area contributed by atoms with Gasteiger partial charge in [-0.05, 0) is 31.3 Å². The van der Waals surface area contributed by atoms with Crippen LogP contribution in [-0.4, -0.2) is 74.0 Å². The van der Waals surface area contributed by atoms with Gasteiger partial charge in [-0.2, -0.15) is 5.10 Å². The molecule has 8 nitrogen and oxygen atoms in total. The molecule has 1 amide bonds. The molecule has 2 aliphatic heterocycles. The van der Waals surface area contributed by atoms with Gasteiger partial charge >= 0.3 is 0 Å². The number of piperazine rings is 1. The van der Waals surface area contributed by atoms with E-state index in [0.717, 1.165) is 31.9 Å². The van der Waals surface area contributed by atoms with Gasteiger partial charge in [0.2, 0.25) is 5.91 Å². The summed E-state index contributed by atoms with van der Waals surface area (Å²) in [6.07, 6.45) is 1.87. The zero-order valence-electron chi connectivity index (χ0n) is 16.5. The molecule has 1 atom stereocenters. The lowest BCUT2D eigenvalue weighted by molar-refractivity contribution is -0.133. The van der Waals surface area contributed by atoms with Crippen LogP contribution in [0.5, 0.6) is 0 Å². The number of fused-ring (bicyclic) bond motifs is 2. The predicted octanol–water partition coefficient (Wildman–Crippen LogP) is 2.05. The van der Waals surface area contributed by atoms with Gasteiger partial charge < -0.3 is 9.80 Å². The zero-order valence-corrected chi connectivity index (χ0v) is 18.1. The normalized spacial score (nSPS) is 19.4. The van der Waals surface area contributed by atoms with Crippen LogP contribution in [0.2, 0.25) is 5.02 Å². The average Bonchev–Trinajstić information content (AvgIpc) is 3.34. The van der Waals surface area contributed by atoms with Crippen LogP contribution in [0.4, 0.5) is 0 Å². The Hall–Kier alpha value is -2.36. The fourth-order valence-corrected chi connectivity index (χ4v) is 5.20. The molecule has 0 saturated carbocycles. The molecule has 10 heteroatoms. The Balaban J connectivity index is 1.45. The summed E-state index contributed by atoms with van der Waals surface area (Å²) in [5.74, 6) is 0.772. The highest BCUT2D eigenvalue weighted by molar-refractivity contribution is 7.99. The third-order valence-corrected chi connectivity index (χ3v) is 7.06. The van der Waals surface area contributed by atoms with E-state index in [-0.39, 0.29) is 17.5 Å². The van der Waals surface area contributed by atoms with Gasteiger partial charge in [0.05, 0.1) is 17.9 Å². The summed E-state index contributed by atoms with van der Waals surface area (Å²) in [6.45, 7) is 3.24. The van der Waals surface area contributed by atoms with Gasteiger partial charge in [0.15, 0.2) is 10.8 Å². The first-order valence-corrected chi connectivity index (χ1v) is 11.2. The highest BCUT2D eigenvalue weighted by Gasteiger charge is 2.31. The first-order chi connectivity index (χ1) is 14.5. The Morgan fingerprint density at radius 1 is 1.20 bits per heavy atom. The fourth-order valence-electron chi connectivity index (χ4n) is 3.94. The Bertz CT molecular complexity index is 1170. The summed E-state index contributed by atoms with van der Waals surface area (Å²) in [5, 5.41) is 6.09. The summed E-state index contributed by atoms with van der Waals surface area (Å²) < 4.78 is 3.33. The molecule has 2 aromatic heterocycles. The number of likely N-dealkylation sites (N-methyl/N-ethyl adjacent to an activating group) is 1. The number of rotatable bonds is 3. The van der Waals surface area contributed by atoms with Gasteiger partial charge in [-0.25, -0.2) is 9.67 Å². The summed E-state index contributed by atoms with van der Waals surface area (Å²) in [4.78, 5) is 34.9. The van der Waals surface area contributed by atoms with E-state index in [1.165, 1.54) is 11.8 Å². The van der Waals surface area contributed by atoms with Gasteiger partial charge in [-0.15, -0.1) is 0 Å². The van der Waals surface area contributed by atoms with E-state index in [1.54, 1.807) is 27.6 Å². The summed E-state index contributed by atoms with van der Waals surface area (Å²) in [6, 6.07) is 7.05. The van der Waals surface area contributed by atoms with E-state index < -0.39 is 0 Å². The van der Waals surface area contributed by atoms with Gasteiger partial charge in [0.1, 0.15) is 5.39 Å². The highest BCUT2D eigenvalue weighted by atomic mass is 35.5. The number of hydrogen-bond donors (Lipinski definition) is 0. The van der Waals surface area contributed by atoms with E-state index in [4.69, 9.17) is 16.6 Å². The maximum Gasteiger partial charge on any atom is 0.265 e. The molecule has 4 heterocycles. The first-order valence-electron chi connectivity index (χ1n) is 9.86. The number of carbonyl (C=O) groups excluding carboxylic acids is 1. The van der Waals surface area contributed by atoms with Crippen molar-refractivity contribution in [3.8, 4) is 5.69 Å². The lowest BCUT2D eigenvalue weighted by Gasteiger charge is -2.33. The molecular weight excluding hydrogens is 424 g/mol. The summed E-state index contributed by atoms with van der Waals surface area (Å²) >= 11 is 7.49. The minimum Gasteiger partial charge on any atom is -0.340 e. The SMILES string of the molecule is CN1CCN(C(=O)CC2CSc3nc4c(cnn4-c4ccc(Cl)cc4)c(=O)n32)CC1. The first kappa shape index (κ1) is 19.6. The van der Waals surface area contributed by atoms with Gasteiger partial charge in [0, 0.05) is 43.4 Å². The predicted molar refractivity (Wildman–Crippen MR) is 117 cm³/mol. The molecule has 1 saturated heterocycles. The molecule has 1 aromatic carbocycles. The molecule has 156 valence electrons. The van der Waals surface area contributed by atoms with Crippen molar-refractivity contribution in [2.45, 2.75) is 17.6 Å². The number of hydrogen-bond acceptors (Lipinski definition) is 6. The van der Waals surface area contributed by atoms with Crippen LogP contribution in [0.1, 0.15) is 12.5 Å². The molecular formula is C20H21ClN6O2S. The molecule has 3 aromatic rings. The number of thioether (sulfide) groups is 1. The fraction of sp³-hybridized carbons (Fsp3) is 0.400. The molecule has 0 spiro atoms. The van der Waals surface area contributed by atoms with Gasteiger partial charge in [-0.3, -0.25) is 14.2 Å². The number of benzene rings is 1. The van der Waals surface area contributed by atoms with Crippen LogP contribution in [-0.2, 0) is 4.79 Å². The number of aromatic nitrogens is 4. The summed E-state index contributed by atoms with van der Waals surface area (Å²) in [7, 11) is 2.06. The standard InChI is InChI=1S/C20H21ClN6O2S/c1-24-6-8-25(9-7-24)17(28)10-15-12-30-20-23-18-16(19(29)26(15)20)11-22-27(18)14-4-2-13(21)3-5-14/h2-5,11,15H,6-10,12H2,1H3. The minimum absolute atomic E-state index is 0.102. The van der Waals surface area contributed by atoms with Crippen molar-refractivity contribution in [1.82, 2.24) is 29.1 Å². The van der Waals surface area contributed by atoms with Crippen molar-refractivity contribution in [3.05, 3.63) is 45.8 Å². The maximum absolute atomic E-state index is 13.2. The second kappa shape index (κ2) is 7.72. The number of nitrogens with zero attached hydrogens (tertiary/aromatic N) is 6. The zero-order chi connectivity index (χ0) is 20.8. The minimum atomic E-state index is -0.180.